The lowest BCUT2D eigenvalue weighted by Crippen LogP contribution is -2.55. The standard InChI is InChI=1S/C17H29N3/c1-14(2)19-9-11-20(12-10-19)17(13-18)15(3)16-7-5-4-6-8-16/h4-8,14-15,17H,9-13,18H2,1-3H3. The summed E-state index contributed by atoms with van der Waals surface area (Å²) in [5.41, 5.74) is 7.48. The van der Waals surface area contributed by atoms with Crippen LogP contribution in [0.15, 0.2) is 30.3 Å². The van der Waals surface area contributed by atoms with Crippen LogP contribution in [0.3, 0.4) is 0 Å². The molecule has 2 unspecified atom stereocenters. The molecule has 0 bridgehead atoms. The fraction of sp³-hybridized carbons (Fsp3) is 0.647. The molecular weight excluding hydrogens is 246 g/mol. The smallest absolute Gasteiger partial charge is 0.0285 e. The molecule has 0 radical (unpaired) electrons. The van der Waals surface area contributed by atoms with E-state index in [-0.39, 0.29) is 0 Å². The minimum atomic E-state index is 0.451. The average molecular weight is 275 g/mol. The predicted octanol–water partition coefficient (Wildman–Crippen LogP) is 2.14. The van der Waals surface area contributed by atoms with Gasteiger partial charge < -0.3 is 5.73 Å². The molecule has 1 aromatic carbocycles. The normalized spacial score (nSPS) is 21.1. The van der Waals surface area contributed by atoms with E-state index in [4.69, 9.17) is 5.73 Å². The van der Waals surface area contributed by atoms with Gasteiger partial charge in [-0.15, -0.1) is 0 Å². The van der Waals surface area contributed by atoms with Crippen LogP contribution in [0.1, 0.15) is 32.3 Å². The van der Waals surface area contributed by atoms with Crippen molar-refractivity contribution in [3.05, 3.63) is 35.9 Å². The van der Waals surface area contributed by atoms with Crippen molar-refractivity contribution < 1.29 is 0 Å². The lowest BCUT2D eigenvalue weighted by atomic mass is 9.91. The van der Waals surface area contributed by atoms with Crippen molar-refractivity contribution in [3.63, 3.8) is 0 Å². The second-order valence-corrected chi connectivity index (χ2v) is 6.17. The molecule has 0 saturated carbocycles. The van der Waals surface area contributed by atoms with E-state index in [9.17, 15) is 0 Å². The molecule has 20 heavy (non-hydrogen) atoms. The maximum atomic E-state index is 6.08. The fourth-order valence-electron chi connectivity index (χ4n) is 3.23. The molecule has 112 valence electrons. The molecule has 3 nitrogen and oxygen atoms in total. The van der Waals surface area contributed by atoms with Crippen LogP contribution in [0.25, 0.3) is 0 Å². The van der Waals surface area contributed by atoms with Crippen molar-refractivity contribution in [2.24, 2.45) is 5.73 Å². The third-order valence-corrected chi connectivity index (χ3v) is 4.69. The van der Waals surface area contributed by atoms with E-state index in [2.05, 4.69) is 60.9 Å². The summed E-state index contributed by atoms with van der Waals surface area (Å²) in [4.78, 5) is 5.13. The third kappa shape index (κ3) is 3.60. The summed E-state index contributed by atoms with van der Waals surface area (Å²) >= 11 is 0. The van der Waals surface area contributed by atoms with Crippen LogP contribution in [0, 0.1) is 0 Å². The molecule has 1 aromatic rings. The lowest BCUT2D eigenvalue weighted by molar-refractivity contribution is 0.0728. The van der Waals surface area contributed by atoms with E-state index in [1.54, 1.807) is 0 Å². The van der Waals surface area contributed by atoms with Crippen LogP contribution in [0.5, 0.6) is 0 Å². The Bertz CT molecular complexity index is 382. The topological polar surface area (TPSA) is 32.5 Å². The van der Waals surface area contributed by atoms with Crippen molar-refractivity contribution in [2.75, 3.05) is 32.7 Å². The molecule has 2 N–H and O–H groups in total. The van der Waals surface area contributed by atoms with Gasteiger partial charge in [-0.2, -0.15) is 0 Å². The van der Waals surface area contributed by atoms with Crippen molar-refractivity contribution >= 4 is 0 Å². The zero-order chi connectivity index (χ0) is 14.5. The summed E-state index contributed by atoms with van der Waals surface area (Å²) in [5, 5.41) is 0. The first kappa shape index (κ1) is 15.5. The van der Waals surface area contributed by atoms with Gasteiger partial charge in [0.15, 0.2) is 0 Å². The highest BCUT2D eigenvalue weighted by molar-refractivity contribution is 5.20. The Labute approximate surface area is 123 Å². The van der Waals surface area contributed by atoms with Gasteiger partial charge in [0.25, 0.3) is 0 Å². The Hall–Kier alpha value is -0.900. The Balaban J connectivity index is 1.99. The summed E-state index contributed by atoms with van der Waals surface area (Å²) in [5.74, 6) is 0.492. The number of nitrogens with zero attached hydrogens (tertiary/aromatic N) is 2. The zero-order valence-electron chi connectivity index (χ0n) is 13.1. The summed E-state index contributed by atoms with van der Waals surface area (Å²) in [6, 6.07) is 11.9. The van der Waals surface area contributed by atoms with E-state index < -0.39 is 0 Å². The molecule has 1 saturated heterocycles. The number of nitrogens with two attached hydrogens (primary N) is 1. The van der Waals surface area contributed by atoms with Crippen molar-refractivity contribution in [2.45, 2.75) is 38.8 Å². The fourth-order valence-corrected chi connectivity index (χ4v) is 3.23. The number of piperazine rings is 1. The molecule has 0 spiro atoms. The van der Waals surface area contributed by atoms with Crippen LogP contribution >= 0.6 is 0 Å². The minimum Gasteiger partial charge on any atom is -0.329 e. The monoisotopic (exact) mass is 275 g/mol. The highest BCUT2D eigenvalue weighted by Crippen LogP contribution is 2.23. The van der Waals surface area contributed by atoms with Crippen molar-refractivity contribution in [1.29, 1.82) is 0 Å². The summed E-state index contributed by atoms with van der Waals surface area (Å²) in [7, 11) is 0. The summed E-state index contributed by atoms with van der Waals surface area (Å²) in [6.45, 7) is 12.2. The second kappa shape index (κ2) is 7.21. The molecule has 1 aliphatic rings. The lowest BCUT2D eigenvalue weighted by Gasteiger charge is -2.42. The first-order valence-corrected chi connectivity index (χ1v) is 7.86. The molecule has 1 heterocycles. The first-order chi connectivity index (χ1) is 9.63. The largest absolute Gasteiger partial charge is 0.329 e. The van der Waals surface area contributed by atoms with Gasteiger partial charge in [0.1, 0.15) is 0 Å². The number of hydrogen-bond donors (Lipinski definition) is 1. The Morgan fingerprint density at radius 3 is 2.00 bits per heavy atom. The SMILES string of the molecule is CC(c1ccccc1)C(CN)N1CCN(C(C)C)CC1. The molecule has 1 fully saturated rings. The highest BCUT2D eigenvalue weighted by Gasteiger charge is 2.28. The van der Waals surface area contributed by atoms with E-state index >= 15 is 0 Å². The molecule has 1 aliphatic heterocycles. The van der Waals surface area contributed by atoms with Gasteiger partial charge in [0.05, 0.1) is 0 Å². The molecular formula is C17H29N3. The van der Waals surface area contributed by atoms with E-state index in [1.165, 1.54) is 5.56 Å². The maximum Gasteiger partial charge on any atom is 0.0285 e. The Kier molecular flexibility index (Phi) is 5.58. The van der Waals surface area contributed by atoms with Gasteiger partial charge >= 0.3 is 0 Å². The van der Waals surface area contributed by atoms with Crippen molar-refractivity contribution in [3.8, 4) is 0 Å². The summed E-state index contributed by atoms with van der Waals surface area (Å²) < 4.78 is 0. The van der Waals surface area contributed by atoms with Gasteiger partial charge in [-0.05, 0) is 25.3 Å². The van der Waals surface area contributed by atoms with E-state index in [0.717, 1.165) is 32.7 Å². The maximum absolute atomic E-state index is 6.08. The van der Waals surface area contributed by atoms with Crippen molar-refractivity contribution in [1.82, 2.24) is 9.80 Å². The average Bonchev–Trinajstić information content (AvgIpc) is 2.49. The zero-order valence-corrected chi connectivity index (χ0v) is 13.1. The molecule has 3 heteroatoms. The van der Waals surface area contributed by atoms with Gasteiger partial charge in [-0.3, -0.25) is 9.80 Å². The van der Waals surface area contributed by atoms with Gasteiger partial charge in [0.2, 0.25) is 0 Å². The number of rotatable bonds is 5. The number of hydrogen-bond acceptors (Lipinski definition) is 3. The quantitative estimate of drug-likeness (QED) is 0.893. The molecule has 2 rings (SSSR count). The molecule has 2 atom stereocenters. The summed E-state index contributed by atoms with van der Waals surface area (Å²) in [6.07, 6.45) is 0. The van der Waals surface area contributed by atoms with Gasteiger partial charge in [0, 0.05) is 44.8 Å². The highest BCUT2D eigenvalue weighted by atomic mass is 15.3. The van der Waals surface area contributed by atoms with Crippen LogP contribution in [-0.2, 0) is 0 Å². The van der Waals surface area contributed by atoms with Crippen LogP contribution < -0.4 is 5.73 Å². The molecule has 0 aliphatic carbocycles. The van der Waals surface area contributed by atoms with Crippen LogP contribution in [0.2, 0.25) is 0 Å². The number of benzene rings is 1. The van der Waals surface area contributed by atoms with E-state index in [0.29, 0.717) is 18.0 Å². The Morgan fingerprint density at radius 2 is 1.50 bits per heavy atom. The second-order valence-electron chi connectivity index (χ2n) is 6.17. The van der Waals surface area contributed by atoms with Crippen LogP contribution in [-0.4, -0.2) is 54.6 Å². The van der Waals surface area contributed by atoms with E-state index in [1.807, 2.05) is 0 Å². The van der Waals surface area contributed by atoms with Gasteiger partial charge in [-0.1, -0.05) is 37.3 Å². The molecule has 0 aromatic heterocycles. The predicted molar refractivity (Wildman–Crippen MR) is 86.0 cm³/mol. The molecule has 0 amide bonds. The third-order valence-electron chi connectivity index (χ3n) is 4.69. The van der Waals surface area contributed by atoms with Crippen LogP contribution in [0.4, 0.5) is 0 Å². The van der Waals surface area contributed by atoms with Gasteiger partial charge in [-0.25, -0.2) is 0 Å². The Morgan fingerprint density at radius 1 is 0.950 bits per heavy atom. The minimum absolute atomic E-state index is 0.451. The first-order valence-electron chi connectivity index (χ1n) is 7.86.